The number of likely N-dealkylation sites (tertiary alicyclic amines) is 1. The van der Waals surface area contributed by atoms with Crippen molar-refractivity contribution in [1.29, 1.82) is 0 Å². The van der Waals surface area contributed by atoms with Crippen molar-refractivity contribution in [2.24, 2.45) is 5.92 Å². The monoisotopic (exact) mass is 543 g/mol. The number of aliphatic hydroxyl groups excluding tert-OH is 1. The first-order valence-electron chi connectivity index (χ1n) is 12.7. The summed E-state index contributed by atoms with van der Waals surface area (Å²) in [4.78, 5) is 2.28. The molecule has 0 spiro atoms. The van der Waals surface area contributed by atoms with E-state index >= 15 is 0 Å². The van der Waals surface area contributed by atoms with Gasteiger partial charge in [0.1, 0.15) is 24.0 Å². The molecule has 4 aromatic rings. The molecule has 196 valence electrons. The molecule has 0 bridgehead atoms. The lowest BCUT2D eigenvalue weighted by Crippen LogP contribution is -2.40. The smallest absolute Gasteiger partial charge is 0.283 e. The number of benzene rings is 2. The zero-order chi connectivity index (χ0) is 25.9. The number of nitrogens with zero attached hydrogens (tertiary/aromatic N) is 3. The molecule has 2 aromatic carbocycles. The Morgan fingerprint density at radius 1 is 1.05 bits per heavy atom. The molecule has 1 N–H and O–H groups in total. The third-order valence-corrected chi connectivity index (χ3v) is 7.42. The minimum Gasteiger partial charge on any atom is -0.490 e. The van der Waals surface area contributed by atoms with E-state index in [-0.39, 0.29) is 6.61 Å². The minimum atomic E-state index is -0.613. The Balaban J connectivity index is 1.16. The first-order chi connectivity index (χ1) is 17.9. The number of hydrogen-bond acceptors (Lipinski definition) is 7. The summed E-state index contributed by atoms with van der Waals surface area (Å²) in [6, 6.07) is 13.3. The summed E-state index contributed by atoms with van der Waals surface area (Å²) in [6.45, 7) is 6.76. The van der Waals surface area contributed by atoms with Crippen molar-refractivity contribution in [1.82, 2.24) is 15.1 Å². The highest BCUT2D eigenvalue weighted by Crippen LogP contribution is 2.34. The fraction of sp³-hybridized carbons (Fsp3) is 0.429. The van der Waals surface area contributed by atoms with E-state index < -0.39 is 6.10 Å². The summed E-state index contributed by atoms with van der Waals surface area (Å²) in [6.07, 6.45) is 2.12. The van der Waals surface area contributed by atoms with E-state index in [0.29, 0.717) is 63.7 Å². The molecule has 7 nitrogen and oxygen atoms in total. The van der Waals surface area contributed by atoms with Crippen molar-refractivity contribution in [2.75, 3.05) is 26.2 Å². The van der Waals surface area contributed by atoms with Gasteiger partial charge in [0.25, 0.3) is 5.89 Å². The van der Waals surface area contributed by atoms with Crippen molar-refractivity contribution < 1.29 is 18.7 Å². The van der Waals surface area contributed by atoms with Crippen LogP contribution in [0.4, 0.5) is 0 Å². The average molecular weight is 544 g/mol. The third-order valence-electron chi connectivity index (χ3n) is 6.68. The summed E-state index contributed by atoms with van der Waals surface area (Å²) in [5.74, 6) is 2.95. The summed E-state index contributed by atoms with van der Waals surface area (Å²) >= 11 is 12.3. The van der Waals surface area contributed by atoms with Crippen molar-refractivity contribution in [2.45, 2.75) is 45.1 Å². The van der Waals surface area contributed by atoms with Crippen molar-refractivity contribution in [3.63, 3.8) is 0 Å². The highest BCUT2D eigenvalue weighted by Gasteiger charge is 2.23. The lowest BCUT2D eigenvalue weighted by molar-refractivity contribution is 0.0599. The molecule has 3 heterocycles. The molecule has 1 saturated heterocycles. The maximum absolute atomic E-state index is 10.7. The normalized spacial score (nSPS) is 16.1. The van der Waals surface area contributed by atoms with Gasteiger partial charge in [0.05, 0.1) is 15.4 Å². The summed E-state index contributed by atoms with van der Waals surface area (Å²) in [7, 11) is 0. The highest BCUT2D eigenvalue weighted by atomic mass is 35.5. The van der Waals surface area contributed by atoms with Gasteiger partial charge < -0.3 is 23.6 Å². The molecule has 1 atom stereocenters. The molecule has 1 fully saturated rings. The number of halogens is 2. The molecular weight excluding hydrogens is 513 g/mol. The van der Waals surface area contributed by atoms with Gasteiger partial charge in [-0.1, -0.05) is 49.2 Å². The molecule has 5 rings (SSSR count). The van der Waals surface area contributed by atoms with E-state index in [1.165, 1.54) is 5.56 Å². The molecule has 9 heteroatoms. The molecule has 1 aliphatic heterocycles. The van der Waals surface area contributed by atoms with Crippen molar-refractivity contribution >= 4 is 34.2 Å². The predicted octanol–water partition coefficient (Wildman–Crippen LogP) is 6.61. The highest BCUT2D eigenvalue weighted by molar-refractivity contribution is 6.42. The minimum absolute atomic E-state index is 0.186. The van der Waals surface area contributed by atoms with Crippen LogP contribution in [0.3, 0.4) is 0 Å². The van der Waals surface area contributed by atoms with Gasteiger partial charge in [0.2, 0.25) is 5.89 Å². The Morgan fingerprint density at radius 2 is 1.86 bits per heavy atom. The molecule has 37 heavy (non-hydrogen) atoms. The van der Waals surface area contributed by atoms with Gasteiger partial charge in [-0.3, -0.25) is 0 Å². The van der Waals surface area contributed by atoms with Crippen LogP contribution in [0.1, 0.15) is 44.1 Å². The van der Waals surface area contributed by atoms with Crippen LogP contribution in [-0.2, 0) is 6.42 Å². The van der Waals surface area contributed by atoms with Crippen LogP contribution in [0, 0.1) is 5.92 Å². The molecule has 2 aromatic heterocycles. The lowest BCUT2D eigenvalue weighted by atomic mass is 9.89. The second-order valence-corrected chi connectivity index (χ2v) is 10.9. The van der Waals surface area contributed by atoms with Crippen molar-refractivity contribution in [3.05, 3.63) is 64.0 Å². The predicted molar refractivity (Wildman–Crippen MR) is 144 cm³/mol. The summed E-state index contributed by atoms with van der Waals surface area (Å²) in [5, 5.41) is 20.9. The van der Waals surface area contributed by atoms with Crippen LogP contribution in [0.5, 0.6) is 5.75 Å². The SMILES string of the molecule is CC(C)Cc1nnc(-c2cc3c(OC[C@@H](O)CN4CCC(c5ccc(Cl)c(Cl)c5)CC4)cccc3o2)o1. The number of β-amino-alcohol motifs (C(OH)–C–C–N with tert-alkyl or cyclic N) is 1. The maximum Gasteiger partial charge on any atom is 0.283 e. The Morgan fingerprint density at radius 3 is 2.62 bits per heavy atom. The molecule has 1 aliphatic rings. The molecule has 0 radical (unpaired) electrons. The van der Waals surface area contributed by atoms with Gasteiger partial charge in [-0.25, -0.2) is 0 Å². The second kappa shape index (κ2) is 11.4. The molecular formula is C28H31Cl2N3O4. The Labute approximate surface area is 226 Å². The Kier molecular flexibility index (Phi) is 8.05. The van der Waals surface area contributed by atoms with Crippen LogP contribution in [0.25, 0.3) is 22.6 Å². The number of ether oxygens (including phenoxy) is 1. The standard InChI is InChI=1S/C28H31Cl2N3O4/c1-17(2)12-27-31-32-28(37-27)26-14-21-24(4-3-5-25(21)36-26)35-16-20(34)15-33-10-8-18(9-11-33)19-6-7-22(29)23(30)13-19/h3-7,13-14,17-18,20,34H,8-12,15-16H2,1-2H3/t20-/m0/s1. The quantitative estimate of drug-likeness (QED) is 0.254. The van der Waals surface area contributed by atoms with E-state index in [2.05, 4.69) is 35.0 Å². The molecule has 0 aliphatic carbocycles. The van der Waals surface area contributed by atoms with Gasteiger partial charge in [-0.15, -0.1) is 10.2 Å². The number of furan rings is 1. The average Bonchev–Trinajstić information content (AvgIpc) is 3.52. The first-order valence-corrected chi connectivity index (χ1v) is 13.4. The number of rotatable bonds is 9. The topological polar surface area (TPSA) is 84.8 Å². The van der Waals surface area contributed by atoms with E-state index in [4.69, 9.17) is 36.8 Å². The summed E-state index contributed by atoms with van der Waals surface area (Å²) in [5.41, 5.74) is 1.89. The van der Waals surface area contributed by atoms with Gasteiger partial charge >= 0.3 is 0 Å². The third kappa shape index (κ3) is 6.29. The van der Waals surface area contributed by atoms with Crippen LogP contribution in [0.2, 0.25) is 10.0 Å². The molecule has 0 unspecified atom stereocenters. The van der Waals surface area contributed by atoms with Gasteiger partial charge in [0, 0.05) is 19.0 Å². The van der Waals surface area contributed by atoms with Gasteiger partial charge in [0.15, 0.2) is 5.76 Å². The second-order valence-electron chi connectivity index (χ2n) is 10.1. The zero-order valence-electron chi connectivity index (χ0n) is 21.0. The van der Waals surface area contributed by atoms with Crippen molar-refractivity contribution in [3.8, 4) is 17.4 Å². The van der Waals surface area contributed by atoms with E-state index in [1.54, 1.807) is 0 Å². The van der Waals surface area contributed by atoms with Crippen LogP contribution >= 0.6 is 23.2 Å². The van der Waals surface area contributed by atoms with E-state index in [9.17, 15) is 5.11 Å². The largest absolute Gasteiger partial charge is 0.490 e. The van der Waals surface area contributed by atoms with E-state index in [1.807, 2.05) is 36.4 Å². The Hall–Kier alpha value is -2.58. The number of fused-ring (bicyclic) bond motifs is 1. The number of aromatic nitrogens is 2. The molecule has 0 amide bonds. The Bertz CT molecular complexity index is 1340. The number of aliphatic hydroxyl groups is 1. The van der Waals surface area contributed by atoms with Gasteiger partial charge in [-0.2, -0.15) is 0 Å². The molecule has 0 saturated carbocycles. The fourth-order valence-corrected chi connectivity index (χ4v) is 5.11. The van der Waals surface area contributed by atoms with Crippen LogP contribution in [0.15, 0.2) is 51.3 Å². The zero-order valence-corrected chi connectivity index (χ0v) is 22.5. The van der Waals surface area contributed by atoms with E-state index in [0.717, 1.165) is 31.3 Å². The number of hydrogen-bond donors (Lipinski definition) is 1. The lowest BCUT2D eigenvalue weighted by Gasteiger charge is -2.33. The maximum atomic E-state index is 10.7. The summed E-state index contributed by atoms with van der Waals surface area (Å²) < 4.78 is 17.7. The fourth-order valence-electron chi connectivity index (χ4n) is 4.80. The first kappa shape index (κ1) is 26.0. The van der Waals surface area contributed by atoms with Crippen LogP contribution in [-0.4, -0.2) is 52.5 Å². The number of piperidine rings is 1. The van der Waals surface area contributed by atoms with Gasteiger partial charge in [-0.05, 0) is 67.6 Å². The van der Waals surface area contributed by atoms with Crippen LogP contribution < -0.4 is 4.74 Å².